The first kappa shape index (κ1) is 22.6. The molecule has 1 N–H and O–H groups in total. The molecule has 0 saturated carbocycles. The first-order chi connectivity index (χ1) is 14.3. The van der Waals surface area contributed by atoms with Crippen molar-refractivity contribution in [1.82, 2.24) is 9.29 Å². The molecule has 3 rings (SSSR count). The molecule has 1 aliphatic heterocycles. The van der Waals surface area contributed by atoms with Gasteiger partial charge in [0.15, 0.2) is 6.61 Å². The van der Waals surface area contributed by atoms with Crippen molar-refractivity contribution < 1.29 is 27.5 Å². The van der Waals surface area contributed by atoms with E-state index in [9.17, 15) is 18.0 Å². The summed E-state index contributed by atoms with van der Waals surface area (Å²) in [4.78, 5) is 28.0. The second kappa shape index (κ2) is 9.84. The number of thiazole rings is 1. The molecule has 162 valence electrons. The van der Waals surface area contributed by atoms with E-state index in [1.165, 1.54) is 33.8 Å². The molecule has 2 heterocycles. The number of halogens is 1. The smallest absolute Gasteiger partial charge is 0.312 e. The van der Waals surface area contributed by atoms with E-state index in [1.54, 1.807) is 5.38 Å². The summed E-state index contributed by atoms with van der Waals surface area (Å²) in [7, 11) is -3.83. The van der Waals surface area contributed by atoms with E-state index < -0.39 is 28.5 Å². The fourth-order valence-electron chi connectivity index (χ4n) is 2.74. The average molecular weight is 474 g/mol. The van der Waals surface area contributed by atoms with E-state index in [0.29, 0.717) is 18.9 Å². The van der Waals surface area contributed by atoms with Crippen molar-refractivity contribution in [3.8, 4) is 0 Å². The zero-order chi connectivity index (χ0) is 21.7. The van der Waals surface area contributed by atoms with Crippen molar-refractivity contribution >= 4 is 50.5 Å². The molecule has 0 unspecified atom stereocenters. The minimum atomic E-state index is -3.83. The summed E-state index contributed by atoms with van der Waals surface area (Å²) in [5.41, 5.74) is 0.806. The number of carbonyl (C=O) groups excluding carboxylic acids is 2. The molecule has 9 nitrogen and oxygen atoms in total. The predicted octanol–water partition coefficient (Wildman–Crippen LogP) is 1.85. The number of amides is 1. The van der Waals surface area contributed by atoms with Gasteiger partial charge < -0.3 is 14.8 Å². The maximum absolute atomic E-state index is 12.8. The van der Waals surface area contributed by atoms with E-state index in [0.717, 1.165) is 5.01 Å². The number of carbonyl (C=O) groups is 2. The second-order valence-electron chi connectivity index (χ2n) is 6.41. The van der Waals surface area contributed by atoms with Crippen LogP contribution < -0.4 is 5.32 Å². The third-order valence-corrected chi connectivity index (χ3v) is 7.36. The van der Waals surface area contributed by atoms with E-state index in [4.69, 9.17) is 21.1 Å². The van der Waals surface area contributed by atoms with Crippen LogP contribution in [0.5, 0.6) is 0 Å². The van der Waals surface area contributed by atoms with Crippen molar-refractivity contribution in [2.24, 2.45) is 0 Å². The lowest BCUT2D eigenvalue weighted by Crippen LogP contribution is -2.40. The number of hydrogen-bond acceptors (Lipinski definition) is 8. The number of aromatic nitrogens is 1. The molecular formula is C18H20ClN3O6S2. The number of aryl methyl sites for hydroxylation is 1. The maximum atomic E-state index is 12.8. The monoisotopic (exact) mass is 473 g/mol. The quantitative estimate of drug-likeness (QED) is 0.610. The number of nitrogens with zero attached hydrogens (tertiary/aromatic N) is 2. The van der Waals surface area contributed by atoms with Gasteiger partial charge in [-0.1, -0.05) is 11.6 Å². The maximum Gasteiger partial charge on any atom is 0.312 e. The Morgan fingerprint density at radius 3 is 2.73 bits per heavy atom. The molecule has 0 bridgehead atoms. The first-order valence-electron chi connectivity index (χ1n) is 8.99. The SMILES string of the molecule is Cc1nc(CC(=O)OCC(=O)Nc2ccc(Cl)c(S(=O)(=O)N3CCOCC3)c2)cs1. The Kier molecular flexibility index (Phi) is 7.42. The lowest BCUT2D eigenvalue weighted by Gasteiger charge is -2.26. The summed E-state index contributed by atoms with van der Waals surface area (Å²) < 4.78 is 37.1. The van der Waals surface area contributed by atoms with Crippen molar-refractivity contribution in [1.29, 1.82) is 0 Å². The van der Waals surface area contributed by atoms with Crippen LogP contribution >= 0.6 is 22.9 Å². The Morgan fingerprint density at radius 2 is 2.07 bits per heavy atom. The Hall–Kier alpha value is -2.05. The van der Waals surface area contributed by atoms with Gasteiger partial charge in [-0.25, -0.2) is 13.4 Å². The van der Waals surface area contributed by atoms with Crippen LogP contribution in [0.25, 0.3) is 0 Å². The zero-order valence-electron chi connectivity index (χ0n) is 16.1. The average Bonchev–Trinajstić information content (AvgIpc) is 3.13. The lowest BCUT2D eigenvalue weighted by molar-refractivity contribution is -0.146. The van der Waals surface area contributed by atoms with Gasteiger partial charge >= 0.3 is 5.97 Å². The molecule has 1 amide bonds. The highest BCUT2D eigenvalue weighted by atomic mass is 35.5. The van der Waals surface area contributed by atoms with Crippen LogP contribution in [0.2, 0.25) is 5.02 Å². The van der Waals surface area contributed by atoms with Crippen LogP contribution in [0.15, 0.2) is 28.5 Å². The molecule has 1 aromatic heterocycles. The number of rotatable bonds is 7. The molecule has 1 aromatic carbocycles. The van der Waals surface area contributed by atoms with Crippen molar-refractivity contribution in [2.75, 3.05) is 38.2 Å². The van der Waals surface area contributed by atoms with Crippen molar-refractivity contribution in [2.45, 2.75) is 18.2 Å². The molecular weight excluding hydrogens is 454 g/mol. The number of sulfonamides is 1. The molecule has 2 aromatic rings. The predicted molar refractivity (Wildman–Crippen MR) is 111 cm³/mol. The van der Waals surface area contributed by atoms with Gasteiger partial charge in [0.2, 0.25) is 10.0 Å². The summed E-state index contributed by atoms with van der Waals surface area (Å²) in [5.74, 6) is -1.18. The molecule has 12 heteroatoms. The second-order valence-corrected chi connectivity index (χ2v) is 9.78. The van der Waals surface area contributed by atoms with Crippen LogP contribution in [0.1, 0.15) is 10.7 Å². The van der Waals surface area contributed by atoms with Gasteiger partial charge in [0, 0.05) is 24.2 Å². The van der Waals surface area contributed by atoms with Gasteiger partial charge in [0.05, 0.1) is 35.4 Å². The standard InChI is InChI=1S/C18H20ClN3O6S2/c1-12-20-14(11-29-12)9-18(24)28-10-17(23)21-13-2-3-15(19)16(8-13)30(25,26)22-4-6-27-7-5-22/h2-3,8,11H,4-7,9-10H2,1H3,(H,21,23). The van der Waals surface area contributed by atoms with Gasteiger partial charge in [-0.2, -0.15) is 4.31 Å². The highest BCUT2D eigenvalue weighted by Crippen LogP contribution is 2.28. The number of esters is 1. The molecule has 1 saturated heterocycles. The molecule has 30 heavy (non-hydrogen) atoms. The molecule has 1 fully saturated rings. The fraction of sp³-hybridized carbons (Fsp3) is 0.389. The van der Waals surface area contributed by atoms with E-state index in [-0.39, 0.29) is 35.1 Å². The van der Waals surface area contributed by atoms with E-state index >= 15 is 0 Å². The minimum absolute atomic E-state index is 0.0273. The zero-order valence-corrected chi connectivity index (χ0v) is 18.5. The lowest BCUT2D eigenvalue weighted by atomic mass is 10.3. The Bertz CT molecular complexity index is 1030. The number of benzene rings is 1. The van der Waals surface area contributed by atoms with Crippen molar-refractivity contribution in [3.05, 3.63) is 39.3 Å². The number of nitrogens with one attached hydrogen (secondary N) is 1. The van der Waals surface area contributed by atoms with Crippen LogP contribution in [0.4, 0.5) is 5.69 Å². The van der Waals surface area contributed by atoms with Gasteiger partial charge in [0.1, 0.15) is 4.90 Å². The van der Waals surface area contributed by atoms with E-state index in [2.05, 4.69) is 10.3 Å². The highest BCUT2D eigenvalue weighted by molar-refractivity contribution is 7.89. The first-order valence-corrected chi connectivity index (χ1v) is 11.7. The van der Waals surface area contributed by atoms with Crippen LogP contribution in [-0.4, -0.2) is 62.5 Å². The summed E-state index contributed by atoms with van der Waals surface area (Å²) in [6.45, 7) is 2.38. The molecule has 0 spiro atoms. The van der Waals surface area contributed by atoms with Gasteiger partial charge in [-0.3, -0.25) is 9.59 Å². The molecule has 1 aliphatic rings. The van der Waals surface area contributed by atoms with Crippen LogP contribution in [0.3, 0.4) is 0 Å². The van der Waals surface area contributed by atoms with Gasteiger partial charge in [-0.05, 0) is 25.1 Å². The third kappa shape index (κ3) is 5.76. The number of ether oxygens (including phenoxy) is 2. The van der Waals surface area contributed by atoms with Gasteiger partial charge in [-0.15, -0.1) is 11.3 Å². The van der Waals surface area contributed by atoms with Gasteiger partial charge in [0.25, 0.3) is 5.91 Å². The summed E-state index contributed by atoms with van der Waals surface area (Å²) in [6, 6.07) is 4.14. The largest absolute Gasteiger partial charge is 0.455 e. The summed E-state index contributed by atoms with van der Waals surface area (Å²) >= 11 is 7.51. The Balaban J connectivity index is 1.60. The fourth-order valence-corrected chi connectivity index (χ4v) is 5.26. The number of hydrogen-bond donors (Lipinski definition) is 1. The summed E-state index contributed by atoms with van der Waals surface area (Å²) in [5, 5.41) is 5.14. The minimum Gasteiger partial charge on any atom is -0.455 e. The highest BCUT2D eigenvalue weighted by Gasteiger charge is 2.28. The van der Waals surface area contributed by atoms with Crippen molar-refractivity contribution in [3.63, 3.8) is 0 Å². The normalized spacial score (nSPS) is 15.0. The molecule has 0 radical (unpaired) electrons. The summed E-state index contributed by atoms with van der Waals surface area (Å²) in [6.07, 6.45) is -0.0273. The molecule has 0 aliphatic carbocycles. The Morgan fingerprint density at radius 1 is 1.33 bits per heavy atom. The number of anilines is 1. The third-order valence-electron chi connectivity index (χ3n) is 4.16. The topological polar surface area (TPSA) is 115 Å². The Labute approximate surface area is 183 Å². The molecule has 0 atom stereocenters. The van der Waals surface area contributed by atoms with E-state index in [1.807, 2.05) is 6.92 Å². The van der Waals surface area contributed by atoms with Crippen LogP contribution in [-0.2, 0) is 35.5 Å². The van der Waals surface area contributed by atoms with Crippen LogP contribution in [0, 0.1) is 6.92 Å². The number of morpholine rings is 1.